The number of anilines is 2. The second kappa shape index (κ2) is 8.86. The van der Waals surface area contributed by atoms with Gasteiger partial charge in [-0.1, -0.05) is 31.4 Å². The van der Waals surface area contributed by atoms with Gasteiger partial charge < -0.3 is 5.32 Å². The number of carbonyl (C=O) groups excluding carboxylic acids is 1. The van der Waals surface area contributed by atoms with Crippen molar-refractivity contribution in [1.29, 1.82) is 0 Å². The van der Waals surface area contributed by atoms with Crippen LogP contribution < -0.4 is 10.2 Å². The topological polar surface area (TPSA) is 71.0 Å². The van der Waals surface area contributed by atoms with Gasteiger partial charge in [-0.15, -0.1) is 11.3 Å². The van der Waals surface area contributed by atoms with Crippen LogP contribution in [0.4, 0.5) is 11.8 Å². The summed E-state index contributed by atoms with van der Waals surface area (Å²) < 4.78 is 1.01. The summed E-state index contributed by atoms with van der Waals surface area (Å²) in [6.45, 7) is 4.67. The van der Waals surface area contributed by atoms with E-state index >= 15 is 0 Å². The molecule has 0 bridgehead atoms. The number of hydrogen-bond donors (Lipinski definition) is 1. The first-order valence-corrected chi connectivity index (χ1v) is 11.2. The summed E-state index contributed by atoms with van der Waals surface area (Å²) in [5, 5.41) is 3.94. The van der Waals surface area contributed by atoms with Crippen LogP contribution in [-0.4, -0.2) is 33.4 Å². The molecule has 29 heavy (non-hydrogen) atoms. The molecule has 1 atom stereocenters. The zero-order valence-corrected chi connectivity index (χ0v) is 17.8. The number of benzene rings is 1. The van der Waals surface area contributed by atoms with Crippen LogP contribution in [0.25, 0.3) is 10.2 Å². The third-order valence-electron chi connectivity index (χ3n) is 5.67. The van der Waals surface area contributed by atoms with Crippen molar-refractivity contribution in [3.05, 3.63) is 41.5 Å². The highest BCUT2D eigenvalue weighted by Gasteiger charge is 2.23. The van der Waals surface area contributed by atoms with E-state index in [2.05, 4.69) is 27.2 Å². The van der Waals surface area contributed by atoms with E-state index in [0.717, 1.165) is 10.2 Å². The Balaban J connectivity index is 1.52. The highest BCUT2D eigenvalue weighted by atomic mass is 32.1. The molecule has 0 aliphatic heterocycles. The van der Waals surface area contributed by atoms with Crippen LogP contribution in [0.5, 0.6) is 0 Å². The molecule has 1 amide bonds. The number of fused-ring (bicyclic) bond motifs is 1. The summed E-state index contributed by atoms with van der Waals surface area (Å²) in [5.41, 5.74) is 0.850. The molecule has 1 saturated carbocycles. The van der Waals surface area contributed by atoms with Crippen molar-refractivity contribution in [2.45, 2.75) is 52.0 Å². The van der Waals surface area contributed by atoms with Gasteiger partial charge in [0.1, 0.15) is 5.82 Å². The molecule has 0 saturated heterocycles. The molecule has 1 fully saturated rings. The number of amides is 1. The molecular formula is C22H27N5OS. The maximum Gasteiger partial charge on any atom is 0.288 e. The quantitative estimate of drug-likeness (QED) is 0.611. The summed E-state index contributed by atoms with van der Waals surface area (Å²) in [6.07, 6.45) is 8.17. The molecule has 1 aliphatic rings. The number of rotatable bonds is 6. The van der Waals surface area contributed by atoms with E-state index in [1.807, 2.05) is 31.2 Å². The van der Waals surface area contributed by atoms with Crippen LogP contribution in [0.1, 0.15) is 55.8 Å². The lowest BCUT2D eigenvalue weighted by Gasteiger charge is -2.28. The van der Waals surface area contributed by atoms with Crippen LogP contribution in [-0.2, 0) is 0 Å². The maximum atomic E-state index is 13.1. The minimum absolute atomic E-state index is 0.126. The van der Waals surface area contributed by atoms with Crippen LogP contribution in [0, 0.1) is 5.92 Å². The van der Waals surface area contributed by atoms with Crippen molar-refractivity contribution in [3.8, 4) is 0 Å². The largest absolute Gasteiger partial charge is 0.351 e. The summed E-state index contributed by atoms with van der Waals surface area (Å²) in [5.74, 6) is 1.71. The van der Waals surface area contributed by atoms with E-state index in [4.69, 9.17) is 0 Å². The Hall–Kier alpha value is -2.54. The zero-order valence-electron chi connectivity index (χ0n) is 17.0. The predicted octanol–water partition coefficient (Wildman–Crippen LogP) is 5.13. The molecule has 152 valence electrons. The van der Waals surface area contributed by atoms with Crippen molar-refractivity contribution in [1.82, 2.24) is 15.0 Å². The smallest absolute Gasteiger partial charge is 0.288 e. The van der Waals surface area contributed by atoms with Crippen molar-refractivity contribution >= 4 is 39.2 Å². The third-order valence-corrected chi connectivity index (χ3v) is 6.69. The molecule has 1 N–H and O–H groups in total. The fourth-order valence-electron chi connectivity index (χ4n) is 4.01. The van der Waals surface area contributed by atoms with E-state index in [0.29, 0.717) is 35.3 Å². The lowest BCUT2D eigenvalue weighted by molar-refractivity contribution is 0.0987. The lowest BCUT2D eigenvalue weighted by atomic mass is 9.85. The van der Waals surface area contributed by atoms with Crippen LogP contribution in [0.15, 0.2) is 36.5 Å². The normalized spacial score (nSPS) is 15.9. The fourth-order valence-corrected chi connectivity index (χ4v) is 4.93. The van der Waals surface area contributed by atoms with Gasteiger partial charge in [-0.05, 0) is 50.8 Å². The number of thiazole rings is 1. The van der Waals surface area contributed by atoms with E-state index < -0.39 is 0 Å². The first-order valence-electron chi connectivity index (χ1n) is 10.4. The highest BCUT2D eigenvalue weighted by molar-refractivity contribution is 7.20. The maximum absolute atomic E-state index is 13.1. The molecular weight excluding hydrogens is 382 g/mol. The molecule has 0 spiro atoms. The van der Waals surface area contributed by atoms with Gasteiger partial charge in [-0.25, -0.2) is 9.97 Å². The number of hydrogen-bond acceptors (Lipinski definition) is 6. The molecule has 0 radical (unpaired) electrons. The van der Waals surface area contributed by atoms with Crippen molar-refractivity contribution in [2.75, 3.05) is 16.8 Å². The third kappa shape index (κ3) is 4.40. The molecule has 2 aromatic heterocycles. The van der Waals surface area contributed by atoms with Crippen LogP contribution in [0.3, 0.4) is 0 Å². The highest BCUT2D eigenvalue weighted by Crippen LogP contribution is 2.28. The SMILES string of the molecule is CCN(C(=O)c1nc2ccccc2s1)c1ccnc(N[C@@H](C)C2CCCCC2)n1. The van der Waals surface area contributed by atoms with E-state index in [1.54, 1.807) is 17.2 Å². The Bertz CT molecular complexity index is 949. The number of nitrogens with zero attached hydrogens (tertiary/aromatic N) is 4. The fraction of sp³-hybridized carbons (Fsp3) is 0.455. The minimum Gasteiger partial charge on any atom is -0.351 e. The van der Waals surface area contributed by atoms with E-state index in [1.165, 1.54) is 43.4 Å². The molecule has 1 aliphatic carbocycles. The van der Waals surface area contributed by atoms with Gasteiger partial charge in [0.15, 0.2) is 5.01 Å². The summed E-state index contributed by atoms with van der Waals surface area (Å²) in [6, 6.07) is 9.91. The van der Waals surface area contributed by atoms with Crippen LogP contribution >= 0.6 is 11.3 Å². The Kier molecular flexibility index (Phi) is 6.04. The van der Waals surface area contributed by atoms with Crippen molar-refractivity contribution < 1.29 is 4.79 Å². The van der Waals surface area contributed by atoms with Gasteiger partial charge in [-0.3, -0.25) is 9.69 Å². The molecule has 6 nitrogen and oxygen atoms in total. The standard InChI is InChI=1S/C22H27N5OS/c1-3-27(21(28)20-25-17-11-7-8-12-18(17)29-20)19-13-14-23-22(26-19)24-15(2)16-9-5-4-6-10-16/h7-8,11-16H,3-6,9-10H2,1-2H3,(H,23,24,26)/t15-/m0/s1. The van der Waals surface area contributed by atoms with E-state index in [9.17, 15) is 4.79 Å². The predicted molar refractivity (Wildman–Crippen MR) is 119 cm³/mol. The molecule has 1 aromatic carbocycles. The monoisotopic (exact) mass is 409 g/mol. The van der Waals surface area contributed by atoms with Gasteiger partial charge in [0.05, 0.1) is 10.2 Å². The lowest BCUT2D eigenvalue weighted by Crippen LogP contribution is -2.32. The first-order chi connectivity index (χ1) is 14.2. The van der Waals surface area contributed by atoms with Crippen molar-refractivity contribution in [3.63, 3.8) is 0 Å². The Morgan fingerprint density at radius 1 is 1.21 bits per heavy atom. The summed E-state index contributed by atoms with van der Waals surface area (Å²) in [4.78, 5) is 28.3. The van der Waals surface area contributed by atoms with Gasteiger partial charge in [-0.2, -0.15) is 4.98 Å². The second-order valence-corrected chi connectivity index (χ2v) is 8.64. The molecule has 7 heteroatoms. The molecule has 2 heterocycles. The Labute approximate surface area is 175 Å². The minimum atomic E-state index is -0.126. The van der Waals surface area contributed by atoms with Gasteiger partial charge >= 0.3 is 0 Å². The Morgan fingerprint density at radius 2 is 2.00 bits per heavy atom. The van der Waals surface area contributed by atoms with E-state index in [-0.39, 0.29) is 5.91 Å². The van der Waals surface area contributed by atoms with Crippen LogP contribution in [0.2, 0.25) is 0 Å². The van der Waals surface area contributed by atoms with Crippen molar-refractivity contribution in [2.24, 2.45) is 5.92 Å². The molecule has 4 rings (SSSR count). The number of nitrogens with one attached hydrogen (secondary N) is 1. The average molecular weight is 410 g/mol. The molecule has 3 aromatic rings. The summed E-state index contributed by atoms with van der Waals surface area (Å²) >= 11 is 1.42. The van der Waals surface area contributed by atoms with Gasteiger partial charge in [0, 0.05) is 18.8 Å². The second-order valence-electron chi connectivity index (χ2n) is 7.61. The Morgan fingerprint density at radius 3 is 2.76 bits per heavy atom. The number of para-hydroxylation sites is 1. The number of aromatic nitrogens is 3. The average Bonchev–Trinajstić information content (AvgIpc) is 3.19. The molecule has 0 unspecified atom stereocenters. The first kappa shape index (κ1) is 19.8. The zero-order chi connectivity index (χ0) is 20.2. The number of carbonyl (C=O) groups is 1. The van der Waals surface area contributed by atoms with Gasteiger partial charge in [0.2, 0.25) is 5.95 Å². The van der Waals surface area contributed by atoms with Gasteiger partial charge in [0.25, 0.3) is 5.91 Å². The summed E-state index contributed by atoms with van der Waals surface area (Å²) in [7, 11) is 0.